The predicted octanol–water partition coefficient (Wildman–Crippen LogP) is 0.633. The summed E-state index contributed by atoms with van der Waals surface area (Å²) < 4.78 is 31.0. The van der Waals surface area contributed by atoms with Gasteiger partial charge in [0.1, 0.15) is 6.04 Å². The highest BCUT2D eigenvalue weighted by molar-refractivity contribution is 5.74. The number of halogens is 2. The molecule has 5 nitrogen and oxygen atoms in total. The van der Waals surface area contributed by atoms with Crippen molar-refractivity contribution in [2.24, 2.45) is 5.73 Å². The molecule has 1 aromatic carbocycles. The molecule has 0 spiro atoms. The van der Waals surface area contributed by atoms with Crippen molar-refractivity contribution in [3.63, 3.8) is 0 Å². The van der Waals surface area contributed by atoms with Crippen LogP contribution in [-0.2, 0) is 11.2 Å². The predicted molar refractivity (Wildman–Crippen MR) is 53.9 cm³/mol. The number of rotatable bonds is 4. The SMILES string of the molecule is COc1c(F)cc(F)c(O)c1CC(N)C(=O)O. The third kappa shape index (κ3) is 2.62. The van der Waals surface area contributed by atoms with E-state index in [9.17, 15) is 18.7 Å². The van der Waals surface area contributed by atoms with E-state index in [-0.39, 0.29) is 5.56 Å². The Morgan fingerprint density at radius 3 is 2.59 bits per heavy atom. The number of aliphatic carboxylic acids is 1. The first kappa shape index (κ1) is 13.2. The van der Waals surface area contributed by atoms with E-state index in [1.54, 1.807) is 0 Å². The zero-order valence-electron chi connectivity index (χ0n) is 8.91. The monoisotopic (exact) mass is 247 g/mol. The van der Waals surface area contributed by atoms with Crippen LogP contribution in [0.3, 0.4) is 0 Å². The largest absolute Gasteiger partial charge is 0.505 e. The Morgan fingerprint density at radius 2 is 2.12 bits per heavy atom. The van der Waals surface area contributed by atoms with Crippen molar-refractivity contribution >= 4 is 5.97 Å². The molecule has 0 amide bonds. The maximum Gasteiger partial charge on any atom is 0.320 e. The van der Waals surface area contributed by atoms with Crippen LogP contribution in [0.4, 0.5) is 8.78 Å². The summed E-state index contributed by atoms with van der Waals surface area (Å²) in [5.74, 6) is -4.86. The Kier molecular flexibility index (Phi) is 3.84. The highest BCUT2D eigenvalue weighted by Gasteiger charge is 2.23. The molecular weight excluding hydrogens is 236 g/mol. The molecule has 7 heteroatoms. The van der Waals surface area contributed by atoms with Crippen molar-refractivity contribution in [2.75, 3.05) is 7.11 Å². The normalized spacial score (nSPS) is 12.2. The zero-order chi connectivity index (χ0) is 13.2. The lowest BCUT2D eigenvalue weighted by Crippen LogP contribution is -2.32. The maximum absolute atomic E-state index is 13.3. The Morgan fingerprint density at radius 1 is 1.53 bits per heavy atom. The van der Waals surface area contributed by atoms with Crippen molar-refractivity contribution < 1.29 is 28.5 Å². The van der Waals surface area contributed by atoms with Crippen LogP contribution in [0.2, 0.25) is 0 Å². The molecule has 0 saturated carbocycles. The summed E-state index contributed by atoms with van der Waals surface area (Å²) >= 11 is 0. The second kappa shape index (κ2) is 4.96. The van der Waals surface area contributed by atoms with Gasteiger partial charge in [-0.25, -0.2) is 8.78 Å². The van der Waals surface area contributed by atoms with E-state index in [1.165, 1.54) is 0 Å². The van der Waals surface area contributed by atoms with Crippen molar-refractivity contribution in [1.82, 2.24) is 0 Å². The molecule has 17 heavy (non-hydrogen) atoms. The van der Waals surface area contributed by atoms with Crippen molar-refractivity contribution in [2.45, 2.75) is 12.5 Å². The summed E-state index contributed by atoms with van der Waals surface area (Å²) in [6.45, 7) is 0. The molecular formula is C10H11F2NO4. The van der Waals surface area contributed by atoms with Gasteiger partial charge in [0.05, 0.1) is 7.11 Å². The second-order valence-electron chi connectivity index (χ2n) is 3.35. The van der Waals surface area contributed by atoms with E-state index in [0.717, 1.165) is 7.11 Å². The number of aromatic hydroxyl groups is 1. The fraction of sp³-hybridized carbons (Fsp3) is 0.300. The van der Waals surface area contributed by atoms with E-state index < -0.39 is 41.6 Å². The van der Waals surface area contributed by atoms with E-state index in [2.05, 4.69) is 4.74 Å². The van der Waals surface area contributed by atoms with Gasteiger partial charge in [-0.1, -0.05) is 0 Å². The minimum Gasteiger partial charge on any atom is -0.505 e. The van der Waals surface area contributed by atoms with E-state index in [0.29, 0.717) is 6.07 Å². The van der Waals surface area contributed by atoms with Gasteiger partial charge in [-0.2, -0.15) is 0 Å². The number of carboxylic acids is 1. The topological polar surface area (TPSA) is 92.8 Å². The first-order chi connectivity index (χ1) is 7.88. The lowest BCUT2D eigenvalue weighted by molar-refractivity contribution is -0.138. The van der Waals surface area contributed by atoms with E-state index in [4.69, 9.17) is 10.8 Å². The Labute approximate surface area is 95.4 Å². The van der Waals surface area contributed by atoms with Crippen LogP contribution < -0.4 is 10.5 Å². The van der Waals surface area contributed by atoms with Gasteiger partial charge in [-0.15, -0.1) is 0 Å². The molecule has 0 radical (unpaired) electrons. The van der Waals surface area contributed by atoms with Gasteiger partial charge in [0, 0.05) is 18.1 Å². The third-order valence-electron chi connectivity index (χ3n) is 2.20. The number of benzene rings is 1. The highest BCUT2D eigenvalue weighted by atomic mass is 19.1. The molecule has 0 saturated heterocycles. The van der Waals surface area contributed by atoms with E-state index >= 15 is 0 Å². The molecule has 1 rings (SSSR count). The van der Waals surface area contributed by atoms with Crippen molar-refractivity contribution in [3.8, 4) is 11.5 Å². The molecule has 0 aromatic heterocycles. The molecule has 0 fully saturated rings. The molecule has 1 aromatic rings. The van der Waals surface area contributed by atoms with Gasteiger partial charge in [-0.3, -0.25) is 4.79 Å². The Hall–Kier alpha value is -1.89. The summed E-state index contributed by atoms with van der Waals surface area (Å²) in [4.78, 5) is 10.5. The van der Waals surface area contributed by atoms with Gasteiger partial charge in [0.2, 0.25) is 0 Å². The van der Waals surface area contributed by atoms with E-state index in [1.807, 2.05) is 0 Å². The molecule has 94 valence electrons. The maximum atomic E-state index is 13.3. The Balaban J connectivity index is 3.25. The van der Waals surface area contributed by atoms with Crippen LogP contribution in [0.1, 0.15) is 5.56 Å². The summed E-state index contributed by atoms with van der Waals surface area (Å²) in [7, 11) is 1.12. The summed E-state index contributed by atoms with van der Waals surface area (Å²) in [5.41, 5.74) is 4.92. The van der Waals surface area contributed by atoms with Crippen LogP contribution >= 0.6 is 0 Å². The molecule has 0 heterocycles. The number of phenols is 1. The number of carboxylic acid groups (broad SMARTS) is 1. The molecule has 1 unspecified atom stereocenters. The average molecular weight is 247 g/mol. The van der Waals surface area contributed by atoms with Crippen LogP contribution in [-0.4, -0.2) is 29.3 Å². The number of ether oxygens (including phenoxy) is 1. The molecule has 1 atom stereocenters. The van der Waals surface area contributed by atoms with Crippen molar-refractivity contribution in [3.05, 3.63) is 23.3 Å². The van der Waals surface area contributed by atoms with Gasteiger partial charge in [0.15, 0.2) is 23.1 Å². The molecule has 0 aliphatic heterocycles. The number of phenolic OH excluding ortho intramolecular Hbond substituents is 1. The van der Waals surface area contributed by atoms with Gasteiger partial charge >= 0.3 is 5.97 Å². The summed E-state index contributed by atoms with van der Waals surface area (Å²) in [5, 5.41) is 18.0. The van der Waals surface area contributed by atoms with Crippen LogP contribution in [0.5, 0.6) is 11.5 Å². The third-order valence-corrected chi connectivity index (χ3v) is 2.20. The molecule has 0 aliphatic carbocycles. The number of nitrogens with two attached hydrogens (primary N) is 1. The summed E-state index contributed by atoms with van der Waals surface area (Å²) in [6, 6.07) is -0.944. The standard InChI is InChI=1S/C10H11F2NO4/c1-17-9-4(2-7(13)10(15)16)8(14)5(11)3-6(9)12/h3,7,14H,2,13H2,1H3,(H,15,16). The quantitative estimate of drug-likeness (QED) is 0.725. The van der Waals surface area contributed by atoms with Crippen LogP contribution in [0.15, 0.2) is 6.07 Å². The second-order valence-corrected chi connectivity index (χ2v) is 3.35. The molecule has 0 bridgehead atoms. The molecule has 0 aliphatic rings. The summed E-state index contributed by atoms with van der Waals surface area (Å²) in [6.07, 6.45) is -0.445. The minimum absolute atomic E-state index is 0.306. The average Bonchev–Trinajstić information content (AvgIpc) is 2.25. The Bertz CT molecular complexity index is 450. The van der Waals surface area contributed by atoms with Crippen LogP contribution in [0.25, 0.3) is 0 Å². The lowest BCUT2D eigenvalue weighted by Gasteiger charge is -2.13. The number of hydrogen-bond acceptors (Lipinski definition) is 4. The van der Waals surface area contributed by atoms with Gasteiger partial charge in [0.25, 0.3) is 0 Å². The minimum atomic E-state index is -1.39. The van der Waals surface area contributed by atoms with Gasteiger partial charge in [-0.05, 0) is 0 Å². The van der Waals surface area contributed by atoms with Crippen LogP contribution in [0, 0.1) is 11.6 Å². The number of methoxy groups -OCH3 is 1. The fourth-order valence-electron chi connectivity index (χ4n) is 1.36. The molecule has 4 N–H and O–H groups in total. The first-order valence-electron chi connectivity index (χ1n) is 4.60. The lowest BCUT2D eigenvalue weighted by atomic mass is 10.0. The fourth-order valence-corrected chi connectivity index (χ4v) is 1.36. The van der Waals surface area contributed by atoms with Gasteiger partial charge < -0.3 is 20.7 Å². The number of hydrogen-bond donors (Lipinski definition) is 3. The highest BCUT2D eigenvalue weighted by Crippen LogP contribution is 2.33. The zero-order valence-corrected chi connectivity index (χ0v) is 8.91. The first-order valence-corrected chi connectivity index (χ1v) is 4.60. The van der Waals surface area contributed by atoms with Crippen molar-refractivity contribution in [1.29, 1.82) is 0 Å². The smallest absolute Gasteiger partial charge is 0.320 e. The number of carbonyl (C=O) groups is 1.